The second-order valence-electron chi connectivity index (χ2n) is 7.82. The van der Waals surface area contributed by atoms with Gasteiger partial charge in [-0.1, -0.05) is 0 Å². The molecule has 0 fully saturated rings. The predicted molar refractivity (Wildman–Crippen MR) is 121 cm³/mol. The van der Waals surface area contributed by atoms with Gasteiger partial charge in [0.1, 0.15) is 18.0 Å². The van der Waals surface area contributed by atoms with Gasteiger partial charge >= 0.3 is 5.97 Å². The molecule has 0 amide bonds. The second kappa shape index (κ2) is 17.6. The number of carbonyl (C=O) groups is 1. The second-order valence-corrected chi connectivity index (χ2v) is 7.82. The number of benzene rings is 1. The fraction of sp³-hybridized carbons (Fsp3) is 0.696. The zero-order valence-electron chi connectivity index (χ0n) is 19.6. The molecular weight excluding hydrogens is 418 g/mol. The zero-order chi connectivity index (χ0) is 23.5. The van der Waals surface area contributed by atoms with Crippen LogP contribution in [-0.4, -0.2) is 84.2 Å². The number of hydrogen-bond acceptors (Lipinski definition) is 9. The van der Waals surface area contributed by atoms with Crippen molar-refractivity contribution in [2.24, 2.45) is 0 Å². The van der Waals surface area contributed by atoms with Crippen molar-refractivity contribution in [3.8, 4) is 5.75 Å². The minimum Gasteiger partial charge on any atom is -0.491 e. The molecule has 32 heavy (non-hydrogen) atoms. The average Bonchev–Trinajstić information content (AvgIpc) is 2.73. The van der Waals surface area contributed by atoms with E-state index in [9.17, 15) is 4.79 Å². The maximum atomic E-state index is 11.5. The van der Waals surface area contributed by atoms with Gasteiger partial charge in [0.25, 0.3) is 0 Å². The summed E-state index contributed by atoms with van der Waals surface area (Å²) in [7, 11) is 0. The molecule has 0 aliphatic rings. The van der Waals surface area contributed by atoms with Crippen LogP contribution in [0.3, 0.4) is 0 Å². The number of rotatable bonds is 19. The molecule has 0 bridgehead atoms. The molecule has 0 heterocycles. The number of carbonyl (C=O) groups excluding carboxylic acids is 1. The van der Waals surface area contributed by atoms with Crippen LogP contribution in [0.1, 0.15) is 27.2 Å². The fourth-order valence-corrected chi connectivity index (χ4v) is 2.31. The Morgan fingerprint density at radius 2 is 1.09 bits per heavy atom. The van der Waals surface area contributed by atoms with Crippen LogP contribution >= 0.6 is 0 Å². The number of anilines is 1. The molecule has 1 rings (SSSR count). The van der Waals surface area contributed by atoms with Crippen LogP contribution in [0.15, 0.2) is 24.3 Å². The highest BCUT2D eigenvalue weighted by Gasteiger charge is 2.15. The quantitative estimate of drug-likeness (QED) is 0.190. The van der Waals surface area contributed by atoms with E-state index in [-0.39, 0.29) is 12.4 Å². The summed E-state index contributed by atoms with van der Waals surface area (Å²) >= 11 is 0. The summed E-state index contributed by atoms with van der Waals surface area (Å²) in [6.45, 7) is 10.7. The average molecular weight is 458 g/mol. The third kappa shape index (κ3) is 17.7. The first-order valence-corrected chi connectivity index (χ1v) is 11.0. The van der Waals surface area contributed by atoms with Gasteiger partial charge in [-0.3, -0.25) is 4.79 Å². The summed E-state index contributed by atoms with van der Waals surface area (Å²) in [4.78, 5) is 11.5. The summed E-state index contributed by atoms with van der Waals surface area (Å²) < 4.78 is 37.7. The van der Waals surface area contributed by atoms with Gasteiger partial charge in [-0.2, -0.15) is 0 Å². The highest BCUT2D eigenvalue weighted by atomic mass is 16.6. The SMILES string of the molecule is CC(C)(C)OC(=O)CCOCCOCCOCCOCCOCCOc1ccc(N)cc1. The predicted octanol–water partition coefficient (Wildman–Crippen LogP) is 2.46. The number of ether oxygens (including phenoxy) is 7. The molecule has 9 nitrogen and oxygen atoms in total. The summed E-state index contributed by atoms with van der Waals surface area (Å²) in [5.74, 6) is 0.509. The molecule has 0 unspecified atom stereocenters. The van der Waals surface area contributed by atoms with Gasteiger partial charge in [-0.15, -0.1) is 0 Å². The number of nitrogens with two attached hydrogens (primary N) is 1. The molecule has 0 spiro atoms. The van der Waals surface area contributed by atoms with E-state index in [2.05, 4.69) is 0 Å². The third-order valence-electron chi connectivity index (χ3n) is 3.74. The van der Waals surface area contributed by atoms with Crippen molar-refractivity contribution in [1.29, 1.82) is 0 Å². The van der Waals surface area contributed by atoms with Crippen LogP contribution in [0, 0.1) is 0 Å². The molecule has 0 aromatic heterocycles. The van der Waals surface area contributed by atoms with Gasteiger partial charge in [0.05, 0.1) is 72.5 Å². The topological polar surface area (TPSA) is 108 Å². The number of esters is 1. The monoisotopic (exact) mass is 457 g/mol. The minimum atomic E-state index is -0.465. The lowest BCUT2D eigenvalue weighted by Gasteiger charge is -2.19. The van der Waals surface area contributed by atoms with E-state index in [4.69, 9.17) is 38.9 Å². The van der Waals surface area contributed by atoms with Gasteiger partial charge in [0.15, 0.2) is 0 Å². The Kier molecular flexibility index (Phi) is 15.5. The minimum absolute atomic E-state index is 0.239. The van der Waals surface area contributed by atoms with Crippen molar-refractivity contribution in [2.75, 3.05) is 78.4 Å². The normalized spacial score (nSPS) is 11.5. The van der Waals surface area contributed by atoms with E-state index in [1.54, 1.807) is 12.1 Å². The lowest BCUT2D eigenvalue weighted by Crippen LogP contribution is -2.24. The lowest BCUT2D eigenvalue weighted by molar-refractivity contribution is -0.156. The van der Waals surface area contributed by atoms with Crippen LogP contribution in [0.4, 0.5) is 5.69 Å². The summed E-state index contributed by atoms with van der Waals surface area (Å²) in [5.41, 5.74) is 5.86. The highest BCUT2D eigenvalue weighted by molar-refractivity contribution is 5.69. The maximum absolute atomic E-state index is 11.5. The van der Waals surface area contributed by atoms with Crippen LogP contribution < -0.4 is 10.5 Å². The fourth-order valence-electron chi connectivity index (χ4n) is 2.31. The Morgan fingerprint density at radius 1 is 0.688 bits per heavy atom. The van der Waals surface area contributed by atoms with Gasteiger partial charge < -0.3 is 38.9 Å². The smallest absolute Gasteiger partial charge is 0.308 e. The molecule has 1 aromatic rings. The molecule has 1 aromatic carbocycles. The van der Waals surface area contributed by atoms with Crippen LogP contribution in [0.5, 0.6) is 5.75 Å². The molecule has 0 radical (unpaired) electrons. The first-order valence-electron chi connectivity index (χ1n) is 11.0. The molecule has 0 atom stereocenters. The molecule has 9 heteroatoms. The van der Waals surface area contributed by atoms with Crippen molar-refractivity contribution in [2.45, 2.75) is 32.8 Å². The first-order chi connectivity index (χ1) is 15.4. The maximum Gasteiger partial charge on any atom is 0.308 e. The molecule has 0 aliphatic heterocycles. The summed E-state index contributed by atoms with van der Waals surface area (Å²) in [5, 5.41) is 0. The van der Waals surface area contributed by atoms with Gasteiger partial charge in [0.2, 0.25) is 0 Å². The number of nitrogen functional groups attached to an aromatic ring is 1. The lowest BCUT2D eigenvalue weighted by atomic mass is 10.2. The highest BCUT2D eigenvalue weighted by Crippen LogP contribution is 2.12. The third-order valence-corrected chi connectivity index (χ3v) is 3.74. The van der Waals surface area contributed by atoms with Gasteiger partial charge in [-0.05, 0) is 45.0 Å². The molecule has 184 valence electrons. The van der Waals surface area contributed by atoms with Crippen LogP contribution in [-0.2, 0) is 33.2 Å². The van der Waals surface area contributed by atoms with E-state index in [1.165, 1.54) is 0 Å². The Hall–Kier alpha value is -1.91. The van der Waals surface area contributed by atoms with Gasteiger partial charge in [-0.25, -0.2) is 0 Å². The van der Waals surface area contributed by atoms with E-state index in [0.29, 0.717) is 78.4 Å². The van der Waals surface area contributed by atoms with E-state index in [1.807, 2.05) is 32.9 Å². The largest absolute Gasteiger partial charge is 0.491 e. The summed E-state index contributed by atoms with van der Waals surface area (Å²) in [6, 6.07) is 7.24. The standard InChI is InChI=1S/C23H39NO8/c1-23(2,3)32-22(25)8-9-26-10-11-27-12-13-28-14-15-29-16-17-30-18-19-31-21-6-4-20(24)5-7-21/h4-7H,8-19,24H2,1-3H3. The molecule has 0 aliphatic carbocycles. The molecule has 0 saturated heterocycles. The Bertz CT molecular complexity index is 589. The molecule has 0 saturated carbocycles. The van der Waals surface area contributed by atoms with E-state index >= 15 is 0 Å². The Morgan fingerprint density at radius 3 is 1.53 bits per heavy atom. The van der Waals surface area contributed by atoms with Crippen LogP contribution in [0.25, 0.3) is 0 Å². The van der Waals surface area contributed by atoms with Gasteiger partial charge in [0, 0.05) is 5.69 Å². The van der Waals surface area contributed by atoms with E-state index < -0.39 is 5.60 Å². The van der Waals surface area contributed by atoms with Crippen molar-refractivity contribution in [3.05, 3.63) is 24.3 Å². The first kappa shape index (κ1) is 28.1. The number of hydrogen-bond donors (Lipinski definition) is 1. The molecule has 2 N–H and O–H groups in total. The van der Waals surface area contributed by atoms with Crippen molar-refractivity contribution in [3.63, 3.8) is 0 Å². The zero-order valence-corrected chi connectivity index (χ0v) is 19.6. The van der Waals surface area contributed by atoms with E-state index in [0.717, 1.165) is 5.75 Å². The van der Waals surface area contributed by atoms with Crippen molar-refractivity contribution < 1.29 is 38.0 Å². The Labute approximate surface area is 191 Å². The Balaban J connectivity index is 1.74. The summed E-state index contributed by atoms with van der Waals surface area (Å²) in [6.07, 6.45) is 0.239. The molecular formula is C23H39NO8. The van der Waals surface area contributed by atoms with Crippen LogP contribution in [0.2, 0.25) is 0 Å². The van der Waals surface area contributed by atoms with Crippen molar-refractivity contribution >= 4 is 11.7 Å². The van der Waals surface area contributed by atoms with Crippen molar-refractivity contribution in [1.82, 2.24) is 0 Å².